The highest BCUT2D eigenvalue weighted by atomic mass is 16.1. The highest BCUT2D eigenvalue weighted by Crippen LogP contribution is 2.25. The van der Waals surface area contributed by atoms with E-state index < -0.39 is 11.8 Å². The number of nitrogen functional groups attached to an aromatic ring is 1. The van der Waals surface area contributed by atoms with Gasteiger partial charge in [0.25, 0.3) is 5.91 Å². The summed E-state index contributed by atoms with van der Waals surface area (Å²) in [5.41, 5.74) is 16.6. The Morgan fingerprint density at radius 1 is 1.39 bits per heavy atom. The van der Waals surface area contributed by atoms with Crippen LogP contribution in [0.25, 0.3) is 0 Å². The van der Waals surface area contributed by atoms with Gasteiger partial charge in [0.05, 0.1) is 17.4 Å². The fraction of sp³-hybridized carbons (Fsp3) is 0.364. The third-order valence-electron chi connectivity index (χ3n) is 3.06. The molecule has 2 rings (SSSR count). The molecule has 1 aliphatic rings. The Kier molecular flexibility index (Phi) is 3.05. The summed E-state index contributed by atoms with van der Waals surface area (Å²) >= 11 is 0. The molecule has 6 N–H and O–H groups in total. The first-order chi connectivity index (χ1) is 8.50. The van der Waals surface area contributed by atoms with E-state index in [0.717, 1.165) is 6.42 Å². The number of rotatable bonds is 3. The van der Waals surface area contributed by atoms with E-state index in [1.807, 2.05) is 0 Å². The summed E-state index contributed by atoms with van der Waals surface area (Å²) in [6.07, 6.45) is 2.91. The van der Waals surface area contributed by atoms with Gasteiger partial charge in [-0.3, -0.25) is 9.59 Å². The van der Waals surface area contributed by atoms with E-state index in [-0.39, 0.29) is 17.3 Å². The maximum Gasteiger partial charge on any atom is 0.250 e. The van der Waals surface area contributed by atoms with Gasteiger partial charge >= 0.3 is 0 Å². The number of hydrogen-bond acceptors (Lipinski definition) is 5. The molecule has 1 aliphatic heterocycles. The maximum absolute atomic E-state index is 11.3. The predicted octanol–water partition coefficient (Wildman–Crippen LogP) is -0.783. The predicted molar refractivity (Wildman–Crippen MR) is 66.7 cm³/mol. The molecule has 0 spiro atoms. The van der Waals surface area contributed by atoms with Crippen LogP contribution in [-0.4, -0.2) is 29.4 Å². The van der Waals surface area contributed by atoms with Crippen LogP contribution in [-0.2, 0) is 4.79 Å². The van der Waals surface area contributed by atoms with Gasteiger partial charge in [0.1, 0.15) is 11.9 Å². The monoisotopic (exact) mass is 249 g/mol. The highest BCUT2D eigenvalue weighted by Gasteiger charge is 2.30. The van der Waals surface area contributed by atoms with Crippen LogP contribution in [0, 0.1) is 0 Å². The molecule has 0 aromatic carbocycles. The van der Waals surface area contributed by atoms with Crippen molar-refractivity contribution in [2.24, 2.45) is 11.5 Å². The molecule has 7 heteroatoms. The van der Waals surface area contributed by atoms with E-state index in [0.29, 0.717) is 18.8 Å². The normalized spacial score (nSPS) is 18.9. The van der Waals surface area contributed by atoms with Crippen molar-refractivity contribution >= 4 is 23.3 Å². The summed E-state index contributed by atoms with van der Waals surface area (Å²) in [5.74, 6) is -0.517. The van der Waals surface area contributed by atoms with Crippen LogP contribution in [0.4, 0.5) is 11.5 Å². The van der Waals surface area contributed by atoms with E-state index >= 15 is 0 Å². The Balaban J connectivity index is 2.36. The Morgan fingerprint density at radius 2 is 2.11 bits per heavy atom. The number of primary amides is 2. The smallest absolute Gasteiger partial charge is 0.250 e. The van der Waals surface area contributed by atoms with Crippen LogP contribution >= 0.6 is 0 Å². The lowest BCUT2D eigenvalue weighted by Gasteiger charge is -2.23. The van der Waals surface area contributed by atoms with Crippen LogP contribution in [0.1, 0.15) is 23.2 Å². The number of anilines is 2. The number of aromatic nitrogens is 1. The van der Waals surface area contributed by atoms with Gasteiger partial charge in [-0.05, 0) is 18.9 Å². The van der Waals surface area contributed by atoms with Crippen molar-refractivity contribution in [3.63, 3.8) is 0 Å². The first kappa shape index (κ1) is 12.2. The van der Waals surface area contributed by atoms with E-state index in [9.17, 15) is 9.59 Å². The molecule has 1 aromatic heterocycles. The number of hydrogen-bond donors (Lipinski definition) is 3. The lowest BCUT2D eigenvalue weighted by atomic mass is 10.2. The fourth-order valence-electron chi connectivity index (χ4n) is 2.16. The van der Waals surface area contributed by atoms with Crippen molar-refractivity contribution in [2.75, 3.05) is 17.2 Å². The van der Waals surface area contributed by atoms with Gasteiger partial charge in [0.15, 0.2) is 0 Å². The minimum atomic E-state index is -0.619. The quantitative estimate of drug-likeness (QED) is 0.647. The number of carbonyl (C=O) groups excluding carboxylic acids is 2. The summed E-state index contributed by atoms with van der Waals surface area (Å²) in [7, 11) is 0. The summed E-state index contributed by atoms with van der Waals surface area (Å²) < 4.78 is 0. The molecule has 1 saturated heterocycles. The second-order valence-corrected chi connectivity index (χ2v) is 4.25. The van der Waals surface area contributed by atoms with Crippen molar-refractivity contribution in [1.29, 1.82) is 0 Å². The van der Waals surface area contributed by atoms with Gasteiger partial charge in [0.2, 0.25) is 5.91 Å². The number of nitrogens with zero attached hydrogens (tertiary/aromatic N) is 2. The molecule has 2 amide bonds. The number of nitrogens with two attached hydrogens (primary N) is 3. The summed E-state index contributed by atoms with van der Waals surface area (Å²) in [6, 6.07) is 1.11. The average molecular weight is 249 g/mol. The molecule has 2 heterocycles. The Morgan fingerprint density at radius 3 is 2.72 bits per heavy atom. The molecular formula is C11H15N5O2. The Bertz CT molecular complexity index is 502. The molecule has 1 fully saturated rings. The van der Waals surface area contributed by atoms with E-state index in [4.69, 9.17) is 17.2 Å². The second-order valence-electron chi connectivity index (χ2n) is 4.25. The van der Waals surface area contributed by atoms with Gasteiger partial charge in [-0.15, -0.1) is 0 Å². The zero-order chi connectivity index (χ0) is 13.3. The molecule has 7 nitrogen and oxygen atoms in total. The maximum atomic E-state index is 11.3. The number of carbonyl (C=O) groups is 2. The van der Waals surface area contributed by atoms with Crippen molar-refractivity contribution in [3.8, 4) is 0 Å². The van der Waals surface area contributed by atoms with Crippen LogP contribution in [0.15, 0.2) is 12.3 Å². The molecule has 0 aliphatic carbocycles. The first-order valence-electron chi connectivity index (χ1n) is 5.62. The Hall–Kier alpha value is -2.31. The van der Waals surface area contributed by atoms with Crippen molar-refractivity contribution in [3.05, 3.63) is 17.8 Å². The molecule has 18 heavy (non-hydrogen) atoms. The van der Waals surface area contributed by atoms with Crippen molar-refractivity contribution in [2.45, 2.75) is 18.9 Å². The van der Waals surface area contributed by atoms with Gasteiger partial charge < -0.3 is 22.1 Å². The van der Waals surface area contributed by atoms with Crippen LogP contribution in [0.2, 0.25) is 0 Å². The third kappa shape index (κ3) is 2.06. The Labute approximate surface area is 104 Å². The largest absolute Gasteiger partial charge is 0.397 e. The molecule has 96 valence electrons. The topological polar surface area (TPSA) is 128 Å². The van der Waals surface area contributed by atoms with Crippen molar-refractivity contribution < 1.29 is 9.59 Å². The number of amides is 2. The minimum Gasteiger partial charge on any atom is -0.397 e. The summed E-state index contributed by atoms with van der Waals surface area (Å²) in [6.45, 7) is 0.669. The standard InChI is InChI=1S/C11H15N5O2/c12-7-5-15-9(4-6(7)10(13)17)16-3-1-2-8(16)11(14)18/h4-5,8H,1-3,12H2,(H2,13,17)(H2,14,18). The number of pyridine rings is 1. The minimum absolute atomic E-state index is 0.204. The third-order valence-corrected chi connectivity index (χ3v) is 3.06. The molecule has 0 bridgehead atoms. The molecule has 1 atom stereocenters. The zero-order valence-corrected chi connectivity index (χ0v) is 9.80. The van der Waals surface area contributed by atoms with Crippen LogP contribution < -0.4 is 22.1 Å². The molecule has 1 unspecified atom stereocenters. The molecule has 1 aromatic rings. The van der Waals surface area contributed by atoms with Crippen LogP contribution in [0.3, 0.4) is 0 Å². The van der Waals surface area contributed by atoms with Crippen molar-refractivity contribution in [1.82, 2.24) is 4.98 Å². The van der Waals surface area contributed by atoms with Gasteiger partial charge in [0, 0.05) is 6.54 Å². The molecular weight excluding hydrogens is 234 g/mol. The van der Waals surface area contributed by atoms with Gasteiger partial charge in [-0.1, -0.05) is 0 Å². The second kappa shape index (κ2) is 4.52. The van der Waals surface area contributed by atoms with Gasteiger partial charge in [-0.25, -0.2) is 4.98 Å². The first-order valence-corrected chi connectivity index (χ1v) is 5.62. The molecule has 0 saturated carbocycles. The average Bonchev–Trinajstić information content (AvgIpc) is 2.78. The molecule has 0 radical (unpaired) electrons. The van der Waals surface area contributed by atoms with E-state index in [1.54, 1.807) is 4.90 Å². The zero-order valence-electron chi connectivity index (χ0n) is 9.80. The van der Waals surface area contributed by atoms with E-state index in [1.165, 1.54) is 12.3 Å². The summed E-state index contributed by atoms with van der Waals surface area (Å²) in [4.78, 5) is 28.4. The van der Waals surface area contributed by atoms with Gasteiger partial charge in [-0.2, -0.15) is 0 Å². The SMILES string of the molecule is NC(=O)c1cc(N2CCCC2C(N)=O)ncc1N. The summed E-state index contributed by atoms with van der Waals surface area (Å²) in [5, 5.41) is 0. The fourth-order valence-corrected chi connectivity index (χ4v) is 2.16. The lowest BCUT2D eigenvalue weighted by Crippen LogP contribution is -2.40. The van der Waals surface area contributed by atoms with E-state index in [2.05, 4.69) is 4.98 Å². The lowest BCUT2D eigenvalue weighted by molar-refractivity contribution is -0.119. The highest BCUT2D eigenvalue weighted by molar-refractivity contribution is 5.98. The van der Waals surface area contributed by atoms with Crippen LogP contribution in [0.5, 0.6) is 0 Å².